The van der Waals surface area contributed by atoms with Gasteiger partial charge in [0.05, 0.1) is 12.5 Å². The smallest absolute Gasteiger partial charge is 0.136 e. The van der Waals surface area contributed by atoms with Crippen LogP contribution >= 0.6 is 15.9 Å². The molecule has 1 heterocycles. The summed E-state index contributed by atoms with van der Waals surface area (Å²) >= 11 is 3.46. The number of halogens is 1. The summed E-state index contributed by atoms with van der Waals surface area (Å²) in [5.41, 5.74) is 2.26. The molecule has 0 aliphatic carbocycles. The summed E-state index contributed by atoms with van der Waals surface area (Å²) in [5.74, 6) is 1.18. The van der Waals surface area contributed by atoms with Crippen LogP contribution in [-0.4, -0.2) is 12.4 Å². The molecule has 0 radical (unpaired) electrons. The highest BCUT2D eigenvalue weighted by Gasteiger charge is 2.24. The molecule has 0 amide bonds. The summed E-state index contributed by atoms with van der Waals surface area (Å²) in [7, 11) is 0. The van der Waals surface area contributed by atoms with E-state index in [2.05, 4.69) is 15.9 Å². The van der Waals surface area contributed by atoms with E-state index in [4.69, 9.17) is 4.74 Å². The molecule has 1 unspecified atom stereocenters. The van der Waals surface area contributed by atoms with Gasteiger partial charge in [-0.3, -0.25) is 4.79 Å². The third kappa shape index (κ3) is 2.07. The minimum atomic E-state index is 0.0196. The largest absolute Gasteiger partial charge is 0.492 e. The highest BCUT2D eigenvalue weighted by Crippen LogP contribution is 2.33. The number of hydrogen-bond donors (Lipinski definition) is 0. The zero-order chi connectivity index (χ0) is 11.0. The first-order valence-electron chi connectivity index (χ1n) is 5.00. The predicted octanol–water partition coefficient (Wildman–Crippen LogP) is 2.90. The van der Waals surface area contributed by atoms with Crippen LogP contribution in [0.4, 0.5) is 0 Å². The van der Waals surface area contributed by atoms with Crippen LogP contribution in [0.1, 0.15) is 18.1 Å². The average molecular weight is 269 g/mol. The molecule has 1 atom stereocenters. The summed E-state index contributed by atoms with van der Waals surface area (Å²) in [6.45, 7) is 4.17. The van der Waals surface area contributed by atoms with E-state index in [1.165, 1.54) is 0 Å². The SMILES string of the molecule is CC(=O)C1COc2c(C)cc(Br)cc2C1. The van der Waals surface area contributed by atoms with Gasteiger partial charge in [0.2, 0.25) is 0 Å². The lowest BCUT2D eigenvalue weighted by Crippen LogP contribution is -2.26. The van der Waals surface area contributed by atoms with Crippen molar-refractivity contribution < 1.29 is 9.53 Å². The summed E-state index contributed by atoms with van der Waals surface area (Å²) in [4.78, 5) is 11.3. The van der Waals surface area contributed by atoms with E-state index in [-0.39, 0.29) is 11.7 Å². The van der Waals surface area contributed by atoms with Crippen molar-refractivity contribution in [1.82, 2.24) is 0 Å². The fraction of sp³-hybridized carbons (Fsp3) is 0.417. The Morgan fingerprint density at radius 2 is 2.27 bits per heavy atom. The third-order valence-electron chi connectivity index (χ3n) is 2.79. The van der Waals surface area contributed by atoms with Crippen molar-refractivity contribution in [3.05, 3.63) is 27.7 Å². The Balaban J connectivity index is 2.37. The molecule has 0 fully saturated rings. The molecular weight excluding hydrogens is 256 g/mol. The molecule has 1 aliphatic heterocycles. The van der Waals surface area contributed by atoms with Gasteiger partial charge in [-0.1, -0.05) is 15.9 Å². The Morgan fingerprint density at radius 1 is 1.53 bits per heavy atom. The van der Waals surface area contributed by atoms with E-state index in [1.54, 1.807) is 6.92 Å². The van der Waals surface area contributed by atoms with Gasteiger partial charge in [-0.15, -0.1) is 0 Å². The van der Waals surface area contributed by atoms with E-state index in [1.807, 2.05) is 19.1 Å². The van der Waals surface area contributed by atoms with Crippen LogP contribution in [0, 0.1) is 12.8 Å². The Hall–Kier alpha value is -0.830. The molecule has 0 spiro atoms. The molecule has 15 heavy (non-hydrogen) atoms. The molecule has 80 valence electrons. The molecule has 2 rings (SSSR count). The first kappa shape index (κ1) is 10.7. The fourth-order valence-electron chi connectivity index (χ4n) is 1.93. The number of carbonyl (C=O) groups excluding carboxylic acids is 1. The molecule has 0 saturated carbocycles. The van der Waals surface area contributed by atoms with Crippen LogP contribution < -0.4 is 4.74 Å². The molecule has 1 aromatic carbocycles. The highest BCUT2D eigenvalue weighted by atomic mass is 79.9. The average Bonchev–Trinajstić information content (AvgIpc) is 2.16. The first-order chi connectivity index (χ1) is 7.08. The van der Waals surface area contributed by atoms with Crippen molar-refractivity contribution in [2.45, 2.75) is 20.3 Å². The maximum absolute atomic E-state index is 11.3. The molecule has 0 bridgehead atoms. The first-order valence-corrected chi connectivity index (χ1v) is 5.79. The third-order valence-corrected chi connectivity index (χ3v) is 3.24. The van der Waals surface area contributed by atoms with Gasteiger partial charge in [-0.25, -0.2) is 0 Å². The second-order valence-corrected chi connectivity index (χ2v) is 4.95. The van der Waals surface area contributed by atoms with Crippen LogP contribution in [0.5, 0.6) is 5.75 Å². The van der Waals surface area contributed by atoms with Gasteiger partial charge in [0, 0.05) is 4.47 Å². The Morgan fingerprint density at radius 3 is 2.93 bits per heavy atom. The van der Waals surface area contributed by atoms with Crippen LogP contribution in [0.15, 0.2) is 16.6 Å². The van der Waals surface area contributed by atoms with Crippen molar-refractivity contribution in [3.8, 4) is 5.75 Å². The maximum atomic E-state index is 11.3. The van der Waals surface area contributed by atoms with Crippen molar-refractivity contribution in [1.29, 1.82) is 0 Å². The van der Waals surface area contributed by atoms with E-state index in [9.17, 15) is 4.79 Å². The number of carbonyl (C=O) groups is 1. The lowest BCUT2D eigenvalue weighted by Gasteiger charge is -2.25. The zero-order valence-electron chi connectivity index (χ0n) is 8.84. The number of aryl methyl sites for hydroxylation is 1. The topological polar surface area (TPSA) is 26.3 Å². The van der Waals surface area contributed by atoms with Crippen LogP contribution in [0.25, 0.3) is 0 Å². The quantitative estimate of drug-likeness (QED) is 0.783. The number of ether oxygens (including phenoxy) is 1. The van der Waals surface area contributed by atoms with E-state index >= 15 is 0 Å². The standard InChI is InChI=1S/C12H13BrO2/c1-7-3-11(13)5-9-4-10(8(2)14)6-15-12(7)9/h3,5,10H,4,6H2,1-2H3. The van der Waals surface area contributed by atoms with Gasteiger partial charge in [0.1, 0.15) is 11.5 Å². The van der Waals surface area contributed by atoms with Gasteiger partial charge in [-0.05, 0) is 43.5 Å². The molecular formula is C12H13BrO2. The number of hydrogen-bond acceptors (Lipinski definition) is 2. The lowest BCUT2D eigenvalue weighted by atomic mass is 9.92. The molecule has 1 aliphatic rings. The summed E-state index contributed by atoms with van der Waals surface area (Å²) in [6.07, 6.45) is 0.797. The summed E-state index contributed by atoms with van der Waals surface area (Å²) in [6, 6.07) is 4.07. The summed E-state index contributed by atoms with van der Waals surface area (Å²) in [5, 5.41) is 0. The second-order valence-electron chi connectivity index (χ2n) is 4.03. The Kier molecular flexibility index (Phi) is 2.83. The summed E-state index contributed by atoms with van der Waals surface area (Å²) < 4.78 is 6.69. The number of fused-ring (bicyclic) bond motifs is 1. The van der Waals surface area contributed by atoms with Gasteiger partial charge < -0.3 is 4.74 Å². The van der Waals surface area contributed by atoms with E-state index < -0.39 is 0 Å². The Labute approximate surface area is 97.8 Å². The zero-order valence-corrected chi connectivity index (χ0v) is 10.4. The maximum Gasteiger partial charge on any atom is 0.136 e. The second kappa shape index (κ2) is 3.97. The van der Waals surface area contributed by atoms with Crippen molar-refractivity contribution in [2.24, 2.45) is 5.92 Å². The number of benzene rings is 1. The molecule has 2 nitrogen and oxygen atoms in total. The number of Topliss-reactive ketones (excluding diaryl/α,β-unsaturated/α-hetero) is 1. The van der Waals surface area contributed by atoms with Crippen LogP contribution in [-0.2, 0) is 11.2 Å². The molecule has 0 aromatic heterocycles. The molecule has 0 saturated heterocycles. The van der Waals surface area contributed by atoms with Crippen molar-refractivity contribution in [3.63, 3.8) is 0 Å². The van der Waals surface area contributed by atoms with Crippen LogP contribution in [0.2, 0.25) is 0 Å². The van der Waals surface area contributed by atoms with Gasteiger partial charge in [-0.2, -0.15) is 0 Å². The minimum Gasteiger partial charge on any atom is -0.492 e. The van der Waals surface area contributed by atoms with Crippen molar-refractivity contribution >= 4 is 21.7 Å². The van der Waals surface area contributed by atoms with E-state index in [0.29, 0.717) is 6.61 Å². The number of rotatable bonds is 1. The minimum absolute atomic E-state index is 0.0196. The highest BCUT2D eigenvalue weighted by molar-refractivity contribution is 9.10. The molecule has 0 N–H and O–H groups in total. The fourth-order valence-corrected chi connectivity index (χ4v) is 2.55. The van der Waals surface area contributed by atoms with Gasteiger partial charge in [0.25, 0.3) is 0 Å². The Bertz CT molecular complexity index is 412. The molecule has 1 aromatic rings. The van der Waals surface area contributed by atoms with Crippen molar-refractivity contribution in [2.75, 3.05) is 6.61 Å². The normalized spacial score (nSPS) is 19.3. The predicted molar refractivity (Wildman–Crippen MR) is 62.2 cm³/mol. The lowest BCUT2D eigenvalue weighted by molar-refractivity contribution is -0.121. The van der Waals surface area contributed by atoms with E-state index in [0.717, 1.165) is 27.8 Å². The molecule has 3 heteroatoms. The number of ketones is 1. The monoisotopic (exact) mass is 268 g/mol. The van der Waals surface area contributed by atoms with Crippen LogP contribution in [0.3, 0.4) is 0 Å². The van der Waals surface area contributed by atoms with Gasteiger partial charge in [0.15, 0.2) is 0 Å². The van der Waals surface area contributed by atoms with Gasteiger partial charge >= 0.3 is 0 Å².